The topological polar surface area (TPSA) is 24.9 Å². The van der Waals surface area contributed by atoms with Crippen molar-refractivity contribution in [2.45, 2.75) is 85.6 Å². The minimum atomic E-state index is 0.152. The van der Waals surface area contributed by atoms with Gasteiger partial charge in [0.15, 0.2) is 0 Å². The van der Waals surface area contributed by atoms with E-state index in [1.165, 1.54) is 23.5 Å². The first-order valence-electron chi connectivity index (χ1n) is 8.21. The van der Waals surface area contributed by atoms with Crippen molar-refractivity contribution in [2.24, 2.45) is 5.41 Å². The molecule has 0 amide bonds. The third-order valence-corrected chi connectivity index (χ3v) is 5.19. The molecule has 0 unspecified atom stereocenters. The van der Waals surface area contributed by atoms with Crippen LogP contribution in [0.15, 0.2) is 5.38 Å². The fourth-order valence-electron chi connectivity index (χ4n) is 2.32. The Kier molecular flexibility index (Phi) is 6.02. The summed E-state index contributed by atoms with van der Waals surface area (Å²) in [5, 5.41) is 7.23. The maximum absolute atomic E-state index is 4.90. The number of thiazole rings is 1. The van der Waals surface area contributed by atoms with Crippen molar-refractivity contribution >= 4 is 11.3 Å². The summed E-state index contributed by atoms with van der Waals surface area (Å²) >= 11 is 1.83. The molecule has 0 saturated carbocycles. The summed E-state index contributed by atoms with van der Waals surface area (Å²) in [6, 6.07) is 0. The van der Waals surface area contributed by atoms with Crippen LogP contribution < -0.4 is 5.32 Å². The van der Waals surface area contributed by atoms with Gasteiger partial charge in [0, 0.05) is 29.3 Å². The minimum absolute atomic E-state index is 0.152. The molecule has 1 aromatic heterocycles. The molecule has 1 N–H and O–H groups in total. The molecule has 0 spiro atoms. The molecule has 1 heterocycles. The highest BCUT2D eigenvalue weighted by atomic mass is 32.1. The van der Waals surface area contributed by atoms with Gasteiger partial charge < -0.3 is 5.32 Å². The second kappa shape index (κ2) is 6.78. The van der Waals surface area contributed by atoms with Gasteiger partial charge in [-0.1, -0.05) is 34.6 Å². The Hall–Kier alpha value is -0.410. The number of rotatable bonds is 6. The van der Waals surface area contributed by atoms with E-state index in [0.29, 0.717) is 5.41 Å². The first-order chi connectivity index (χ1) is 9.51. The first-order valence-corrected chi connectivity index (χ1v) is 9.09. The predicted molar refractivity (Wildman–Crippen MR) is 95.3 cm³/mol. The van der Waals surface area contributed by atoms with Crippen LogP contribution >= 0.6 is 11.3 Å². The third-order valence-electron chi connectivity index (χ3n) is 4.34. The van der Waals surface area contributed by atoms with E-state index in [1.54, 1.807) is 0 Å². The molecule has 21 heavy (non-hydrogen) atoms. The van der Waals surface area contributed by atoms with Gasteiger partial charge >= 0.3 is 0 Å². The monoisotopic (exact) mass is 310 g/mol. The molecule has 122 valence electrons. The van der Waals surface area contributed by atoms with Gasteiger partial charge in [-0.25, -0.2) is 4.98 Å². The molecule has 0 saturated heterocycles. The van der Waals surface area contributed by atoms with Crippen molar-refractivity contribution in [3.8, 4) is 0 Å². The Morgan fingerprint density at radius 2 is 1.62 bits per heavy atom. The molecule has 0 bridgehead atoms. The van der Waals surface area contributed by atoms with E-state index in [2.05, 4.69) is 66.1 Å². The van der Waals surface area contributed by atoms with Crippen molar-refractivity contribution in [3.63, 3.8) is 0 Å². The highest BCUT2D eigenvalue weighted by Gasteiger charge is 2.30. The van der Waals surface area contributed by atoms with E-state index in [4.69, 9.17) is 4.98 Å². The van der Waals surface area contributed by atoms with E-state index in [9.17, 15) is 0 Å². The zero-order chi connectivity index (χ0) is 16.3. The quantitative estimate of drug-likeness (QED) is 0.783. The van der Waals surface area contributed by atoms with Gasteiger partial charge in [0.1, 0.15) is 0 Å². The van der Waals surface area contributed by atoms with Gasteiger partial charge in [0.2, 0.25) is 0 Å². The largest absolute Gasteiger partial charge is 0.312 e. The third kappa shape index (κ3) is 5.71. The first kappa shape index (κ1) is 18.6. The summed E-state index contributed by atoms with van der Waals surface area (Å²) in [4.78, 5) is 4.90. The van der Waals surface area contributed by atoms with Crippen molar-refractivity contribution in [3.05, 3.63) is 16.1 Å². The Morgan fingerprint density at radius 1 is 1.05 bits per heavy atom. The molecule has 1 rings (SSSR count). The van der Waals surface area contributed by atoms with Crippen LogP contribution in [0.1, 0.15) is 78.9 Å². The number of hydrogen-bond donors (Lipinski definition) is 1. The van der Waals surface area contributed by atoms with Gasteiger partial charge in [0.05, 0.1) is 10.7 Å². The van der Waals surface area contributed by atoms with Crippen LogP contribution in [-0.2, 0) is 11.8 Å². The molecular formula is C18H34N2S. The number of nitrogens with zero attached hydrogens (tertiary/aromatic N) is 1. The highest BCUT2D eigenvalue weighted by molar-refractivity contribution is 7.09. The lowest BCUT2D eigenvalue weighted by Crippen LogP contribution is -2.44. The minimum Gasteiger partial charge on any atom is -0.312 e. The molecule has 2 nitrogen and oxygen atoms in total. The maximum Gasteiger partial charge on any atom is 0.0934 e. The molecule has 3 heteroatoms. The Labute approximate surface area is 135 Å². The lowest BCUT2D eigenvalue weighted by atomic mass is 9.78. The van der Waals surface area contributed by atoms with Gasteiger partial charge in [-0.05, 0) is 39.0 Å². The van der Waals surface area contributed by atoms with E-state index < -0.39 is 0 Å². The average Bonchev–Trinajstić information content (AvgIpc) is 2.82. The van der Waals surface area contributed by atoms with E-state index in [0.717, 1.165) is 13.0 Å². The van der Waals surface area contributed by atoms with Gasteiger partial charge in [-0.15, -0.1) is 11.3 Å². The number of nitrogens with one attached hydrogen (secondary N) is 1. The van der Waals surface area contributed by atoms with E-state index in [1.807, 2.05) is 11.3 Å². The predicted octanol–water partition coefficient (Wildman–Crippen LogP) is 5.18. The standard InChI is InChI=1S/C18H34N2S/c1-9-18(10-2,13-19-17(6,7)8)11-15-20-14(12-21-15)16(3,4)5/h12,19H,9-11,13H2,1-8H3. The normalized spacial score (nSPS) is 13.7. The van der Waals surface area contributed by atoms with Crippen LogP contribution in [0.3, 0.4) is 0 Å². The number of aromatic nitrogens is 1. The fraction of sp³-hybridized carbons (Fsp3) is 0.833. The van der Waals surface area contributed by atoms with E-state index >= 15 is 0 Å². The average molecular weight is 311 g/mol. The summed E-state index contributed by atoms with van der Waals surface area (Å²) < 4.78 is 0. The zero-order valence-electron chi connectivity index (χ0n) is 15.3. The zero-order valence-corrected chi connectivity index (χ0v) is 16.1. The number of hydrogen-bond acceptors (Lipinski definition) is 3. The summed E-state index contributed by atoms with van der Waals surface area (Å²) in [5.74, 6) is 0. The SMILES string of the molecule is CCC(CC)(CNC(C)(C)C)Cc1nc(C(C)(C)C)cs1. The Bertz CT molecular complexity index is 431. The lowest BCUT2D eigenvalue weighted by Gasteiger charge is -2.35. The molecule has 0 atom stereocenters. The molecular weight excluding hydrogens is 276 g/mol. The van der Waals surface area contributed by atoms with Crippen molar-refractivity contribution in [2.75, 3.05) is 6.54 Å². The highest BCUT2D eigenvalue weighted by Crippen LogP contribution is 2.33. The summed E-state index contributed by atoms with van der Waals surface area (Å²) in [7, 11) is 0. The molecule has 0 aliphatic heterocycles. The van der Waals surface area contributed by atoms with Crippen molar-refractivity contribution < 1.29 is 0 Å². The van der Waals surface area contributed by atoms with E-state index in [-0.39, 0.29) is 11.0 Å². The Morgan fingerprint density at radius 3 is 2.00 bits per heavy atom. The van der Waals surface area contributed by atoms with Crippen molar-refractivity contribution in [1.82, 2.24) is 10.3 Å². The van der Waals surface area contributed by atoms with Crippen LogP contribution in [-0.4, -0.2) is 17.1 Å². The summed E-state index contributed by atoms with van der Waals surface area (Å²) in [6.45, 7) is 19.1. The molecule has 1 aromatic rings. The second-order valence-corrected chi connectivity index (χ2v) is 9.31. The maximum atomic E-state index is 4.90. The molecule has 0 aromatic carbocycles. The molecule has 0 fully saturated rings. The molecule has 0 radical (unpaired) electrons. The van der Waals surface area contributed by atoms with Gasteiger partial charge in [-0.3, -0.25) is 0 Å². The summed E-state index contributed by atoms with van der Waals surface area (Å²) in [5.41, 5.74) is 1.88. The van der Waals surface area contributed by atoms with Crippen LogP contribution in [0.25, 0.3) is 0 Å². The van der Waals surface area contributed by atoms with Crippen LogP contribution in [0.5, 0.6) is 0 Å². The molecule has 0 aliphatic carbocycles. The van der Waals surface area contributed by atoms with Crippen LogP contribution in [0, 0.1) is 5.41 Å². The lowest BCUT2D eigenvalue weighted by molar-refractivity contribution is 0.220. The smallest absolute Gasteiger partial charge is 0.0934 e. The van der Waals surface area contributed by atoms with Gasteiger partial charge in [-0.2, -0.15) is 0 Å². The second-order valence-electron chi connectivity index (χ2n) is 8.36. The summed E-state index contributed by atoms with van der Waals surface area (Å²) in [6.07, 6.45) is 3.47. The Balaban J connectivity index is 2.85. The van der Waals surface area contributed by atoms with Crippen molar-refractivity contribution in [1.29, 1.82) is 0 Å². The van der Waals surface area contributed by atoms with Crippen LogP contribution in [0.4, 0.5) is 0 Å². The fourth-order valence-corrected chi connectivity index (χ4v) is 3.52. The van der Waals surface area contributed by atoms with Crippen LogP contribution in [0.2, 0.25) is 0 Å². The van der Waals surface area contributed by atoms with Gasteiger partial charge in [0.25, 0.3) is 0 Å². The molecule has 0 aliphatic rings.